The molecule has 1 amide bonds. The van der Waals surface area contributed by atoms with E-state index in [2.05, 4.69) is 15.3 Å². The molecule has 0 fully saturated rings. The lowest BCUT2D eigenvalue weighted by Crippen LogP contribution is -2.24. The molecule has 0 aliphatic carbocycles. The minimum Gasteiger partial charge on any atom is -0.480 e. The van der Waals surface area contributed by atoms with Crippen LogP contribution < -0.4 is 10.1 Å². The number of amides is 1. The minimum absolute atomic E-state index is 0.131. The molecule has 2 rings (SSSR count). The van der Waals surface area contributed by atoms with Crippen molar-refractivity contribution < 1.29 is 14.3 Å². The van der Waals surface area contributed by atoms with Crippen LogP contribution in [-0.2, 0) is 11.3 Å². The zero-order valence-corrected chi connectivity index (χ0v) is 14.0. The van der Waals surface area contributed by atoms with Gasteiger partial charge in [-0.1, -0.05) is 42.5 Å². The third-order valence-electron chi connectivity index (χ3n) is 3.03. The minimum atomic E-state index is -0.445. The van der Waals surface area contributed by atoms with E-state index < -0.39 is 6.09 Å². The highest BCUT2D eigenvalue weighted by Crippen LogP contribution is 2.17. The number of hydrogen-bond donors (Lipinski definition) is 1. The van der Waals surface area contributed by atoms with Gasteiger partial charge in [0.05, 0.1) is 12.7 Å². The van der Waals surface area contributed by atoms with E-state index >= 15 is 0 Å². The Morgan fingerprint density at radius 3 is 2.88 bits per heavy atom. The Labute approximate surface area is 145 Å². The van der Waals surface area contributed by atoms with E-state index in [1.54, 1.807) is 6.20 Å². The molecule has 0 aliphatic heterocycles. The molecule has 0 unspecified atom stereocenters. The number of rotatable bonds is 7. The molecule has 0 saturated heterocycles. The van der Waals surface area contributed by atoms with Crippen molar-refractivity contribution >= 4 is 23.8 Å². The summed E-state index contributed by atoms with van der Waals surface area (Å²) in [5, 5.41) is 2.81. The Hall–Kier alpha value is -2.60. The number of carbonyl (C=O) groups excluding carboxylic acids is 1. The first-order valence-electron chi connectivity index (χ1n) is 7.36. The largest absolute Gasteiger partial charge is 0.480 e. The number of benzene rings is 1. The second-order valence-corrected chi connectivity index (χ2v) is 5.12. The molecule has 2 aromatic rings. The lowest BCUT2D eigenvalue weighted by Gasteiger charge is -2.06. The Kier molecular flexibility index (Phi) is 7.04. The number of aromatic nitrogens is 2. The first-order chi connectivity index (χ1) is 11.7. The maximum absolute atomic E-state index is 11.6. The van der Waals surface area contributed by atoms with Gasteiger partial charge in [-0.25, -0.2) is 9.78 Å². The number of methoxy groups -OCH3 is 1. The van der Waals surface area contributed by atoms with Gasteiger partial charge in [0.25, 0.3) is 0 Å². The highest BCUT2D eigenvalue weighted by atomic mass is 35.5. The molecule has 1 aromatic carbocycles. The summed E-state index contributed by atoms with van der Waals surface area (Å²) in [7, 11) is 1.51. The summed E-state index contributed by atoms with van der Waals surface area (Å²) in [6.07, 6.45) is 5.46. The standard InChI is InChI=1S/C17H18ClN3O3/c1-23-15-14(11-20-16(18)21-15)9-5-6-10-19-17(22)24-12-13-7-3-2-4-8-13/h2-5,7-9,11H,6,10,12H2,1H3,(H,19,22). The van der Waals surface area contributed by atoms with Gasteiger partial charge < -0.3 is 14.8 Å². The summed E-state index contributed by atoms with van der Waals surface area (Å²) in [4.78, 5) is 19.4. The highest BCUT2D eigenvalue weighted by Gasteiger charge is 2.03. The van der Waals surface area contributed by atoms with Crippen LogP contribution in [-0.4, -0.2) is 29.7 Å². The molecule has 0 radical (unpaired) electrons. The molecule has 1 heterocycles. The van der Waals surface area contributed by atoms with Crippen molar-refractivity contribution in [2.75, 3.05) is 13.7 Å². The normalized spacial score (nSPS) is 10.6. The Morgan fingerprint density at radius 1 is 1.33 bits per heavy atom. The number of ether oxygens (including phenoxy) is 2. The fraction of sp³-hybridized carbons (Fsp3) is 0.235. The van der Waals surface area contributed by atoms with E-state index in [-0.39, 0.29) is 11.9 Å². The van der Waals surface area contributed by atoms with Crippen LogP contribution in [0.3, 0.4) is 0 Å². The highest BCUT2D eigenvalue weighted by molar-refractivity contribution is 6.28. The maximum Gasteiger partial charge on any atom is 0.407 e. The summed E-state index contributed by atoms with van der Waals surface area (Å²) in [6.45, 7) is 0.711. The zero-order valence-electron chi connectivity index (χ0n) is 13.2. The van der Waals surface area contributed by atoms with Crippen LogP contribution in [0.2, 0.25) is 5.28 Å². The van der Waals surface area contributed by atoms with Gasteiger partial charge in [0.2, 0.25) is 11.2 Å². The van der Waals surface area contributed by atoms with Crippen molar-refractivity contribution in [3.8, 4) is 5.88 Å². The van der Waals surface area contributed by atoms with Gasteiger partial charge in [0, 0.05) is 12.7 Å². The maximum atomic E-state index is 11.6. The van der Waals surface area contributed by atoms with E-state index in [1.807, 2.05) is 42.5 Å². The summed E-state index contributed by atoms with van der Waals surface area (Å²) >= 11 is 5.70. The predicted octanol–water partition coefficient (Wildman–Crippen LogP) is 3.47. The van der Waals surface area contributed by atoms with Crippen LogP contribution in [0.4, 0.5) is 4.79 Å². The van der Waals surface area contributed by atoms with Crippen molar-refractivity contribution in [2.45, 2.75) is 13.0 Å². The Balaban J connectivity index is 1.69. The van der Waals surface area contributed by atoms with Gasteiger partial charge in [-0.05, 0) is 23.6 Å². The number of hydrogen-bond acceptors (Lipinski definition) is 5. The van der Waals surface area contributed by atoms with Gasteiger partial charge >= 0.3 is 6.09 Å². The van der Waals surface area contributed by atoms with Gasteiger partial charge in [0.15, 0.2) is 0 Å². The molecule has 0 aliphatic rings. The molecule has 0 saturated carbocycles. The number of carbonyl (C=O) groups is 1. The van der Waals surface area contributed by atoms with E-state index in [4.69, 9.17) is 21.1 Å². The van der Waals surface area contributed by atoms with E-state index in [0.29, 0.717) is 24.4 Å². The van der Waals surface area contributed by atoms with E-state index in [9.17, 15) is 4.79 Å². The van der Waals surface area contributed by atoms with Crippen LogP contribution in [0.5, 0.6) is 5.88 Å². The predicted molar refractivity (Wildman–Crippen MR) is 91.9 cm³/mol. The third-order valence-corrected chi connectivity index (χ3v) is 3.22. The smallest absolute Gasteiger partial charge is 0.407 e. The molecule has 0 spiro atoms. The molecular formula is C17H18ClN3O3. The molecule has 6 nitrogen and oxygen atoms in total. The molecule has 7 heteroatoms. The molecule has 0 bridgehead atoms. The molecular weight excluding hydrogens is 330 g/mol. The topological polar surface area (TPSA) is 73.3 Å². The average molecular weight is 348 g/mol. The lowest BCUT2D eigenvalue weighted by molar-refractivity contribution is 0.140. The fourth-order valence-electron chi connectivity index (χ4n) is 1.88. The van der Waals surface area contributed by atoms with Crippen molar-refractivity contribution in [3.63, 3.8) is 0 Å². The van der Waals surface area contributed by atoms with Crippen LogP contribution >= 0.6 is 11.6 Å². The van der Waals surface area contributed by atoms with Crippen molar-refractivity contribution in [2.24, 2.45) is 0 Å². The molecule has 1 aromatic heterocycles. The van der Waals surface area contributed by atoms with Crippen molar-refractivity contribution in [1.82, 2.24) is 15.3 Å². The Bertz CT molecular complexity index is 693. The van der Waals surface area contributed by atoms with Gasteiger partial charge in [-0.2, -0.15) is 4.98 Å². The Morgan fingerprint density at radius 2 is 2.12 bits per heavy atom. The lowest BCUT2D eigenvalue weighted by atomic mass is 10.2. The van der Waals surface area contributed by atoms with E-state index in [0.717, 1.165) is 5.56 Å². The number of nitrogens with one attached hydrogen (secondary N) is 1. The van der Waals surface area contributed by atoms with Gasteiger partial charge in [-0.15, -0.1) is 0 Å². The number of halogens is 1. The van der Waals surface area contributed by atoms with Crippen LogP contribution in [0.1, 0.15) is 17.5 Å². The zero-order chi connectivity index (χ0) is 17.2. The summed E-state index contributed by atoms with van der Waals surface area (Å²) < 4.78 is 10.2. The second-order valence-electron chi connectivity index (χ2n) is 4.78. The summed E-state index contributed by atoms with van der Waals surface area (Å²) in [5.41, 5.74) is 1.66. The van der Waals surface area contributed by atoms with Gasteiger partial charge in [-0.3, -0.25) is 0 Å². The van der Waals surface area contributed by atoms with Gasteiger partial charge in [0.1, 0.15) is 6.61 Å². The monoisotopic (exact) mass is 347 g/mol. The summed E-state index contributed by atoms with van der Waals surface area (Å²) in [5.74, 6) is 0.404. The average Bonchev–Trinajstić information content (AvgIpc) is 2.61. The first-order valence-corrected chi connectivity index (χ1v) is 7.74. The van der Waals surface area contributed by atoms with Crippen LogP contribution in [0, 0.1) is 0 Å². The number of alkyl carbamates (subject to hydrolysis) is 1. The van der Waals surface area contributed by atoms with E-state index in [1.165, 1.54) is 7.11 Å². The van der Waals surface area contributed by atoms with Crippen molar-refractivity contribution in [3.05, 3.63) is 59.0 Å². The SMILES string of the molecule is COc1nc(Cl)ncc1C=CCCNC(=O)OCc1ccccc1. The molecule has 126 valence electrons. The molecule has 1 N–H and O–H groups in total. The summed E-state index contributed by atoms with van der Waals surface area (Å²) in [6, 6.07) is 9.51. The van der Waals surface area contributed by atoms with Crippen LogP contribution in [0.15, 0.2) is 42.6 Å². The second kappa shape index (κ2) is 9.52. The quantitative estimate of drug-likeness (QED) is 0.613. The third kappa shape index (κ3) is 5.89. The first kappa shape index (κ1) is 17.7. The molecule has 0 atom stereocenters. The number of nitrogens with zero attached hydrogens (tertiary/aromatic N) is 2. The van der Waals surface area contributed by atoms with Crippen LogP contribution in [0.25, 0.3) is 6.08 Å². The van der Waals surface area contributed by atoms with Crippen molar-refractivity contribution in [1.29, 1.82) is 0 Å². The molecule has 24 heavy (non-hydrogen) atoms. The fourth-order valence-corrected chi connectivity index (χ4v) is 2.00.